The van der Waals surface area contributed by atoms with Crippen molar-refractivity contribution in [3.8, 4) is 5.82 Å². The molecule has 0 aliphatic carbocycles. The Bertz CT molecular complexity index is 523. The van der Waals surface area contributed by atoms with Crippen LogP contribution in [0.1, 0.15) is 32.0 Å². The summed E-state index contributed by atoms with van der Waals surface area (Å²) >= 11 is 0. The summed E-state index contributed by atoms with van der Waals surface area (Å²) in [5, 5.41) is 7.70. The lowest BCUT2D eigenvalue weighted by atomic mass is 10.1. The molecule has 4 nitrogen and oxygen atoms in total. The molecule has 2 rings (SSSR count). The van der Waals surface area contributed by atoms with Crippen LogP contribution in [0.15, 0.2) is 30.6 Å². The van der Waals surface area contributed by atoms with Gasteiger partial charge in [-0.05, 0) is 45.4 Å². The van der Waals surface area contributed by atoms with E-state index in [1.807, 2.05) is 37.5 Å². The van der Waals surface area contributed by atoms with Crippen molar-refractivity contribution in [2.45, 2.75) is 39.8 Å². The van der Waals surface area contributed by atoms with Gasteiger partial charge in [0.25, 0.3) is 0 Å². The van der Waals surface area contributed by atoms with Crippen LogP contribution in [0.3, 0.4) is 0 Å². The van der Waals surface area contributed by atoms with Crippen LogP contribution in [0, 0.1) is 6.92 Å². The number of rotatable bonds is 3. The predicted molar refractivity (Wildman–Crippen MR) is 72.7 cm³/mol. The van der Waals surface area contributed by atoms with E-state index in [0.29, 0.717) is 0 Å². The molecule has 2 heterocycles. The minimum Gasteiger partial charge on any atom is -0.306 e. The summed E-state index contributed by atoms with van der Waals surface area (Å²) in [6, 6.07) is 6.00. The highest BCUT2D eigenvalue weighted by molar-refractivity contribution is 5.24. The second-order valence-corrected chi connectivity index (χ2v) is 5.55. The highest BCUT2D eigenvalue weighted by Crippen LogP contribution is 2.07. The van der Waals surface area contributed by atoms with E-state index in [1.165, 1.54) is 0 Å². The molecule has 0 aromatic carbocycles. The van der Waals surface area contributed by atoms with Crippen molar-refractivity contribution in [3.05, 3.63) is 41.9 Å². The van der Waals surface area contributed by atoms with Crippen molar-refractivity contribution in [1.29, 1.82) is 0 Å². The summed E-state index contributed by atoms with van der Waals surface area (Å²) in [7, 11) is 0. The second kappa shape index (κ2) is 4.90. The van der Waals surface area contributed by atoms with E-state index in [4.69, 9.17) is 0 Å². The molecule has 0 bridgehead atoms. The first kappa shape index (κ1) is 12.8. The smallest absolute Gasteiger partial charge is 0.153 e. The maximum absolute atomic E-state index is 4.60. The number of pyridine rings is 1. The van der Waals surface area contributed by atoms with Crippen molar-refractivity contribution < 1.29 is 0 Å². The minimum atomic E-state index is 0.0972. The lowest BCUT2D eigenvalue weighted by Crippen LogP contribution is -2.35. The molecule has 0 radical (unpaired) electrons. The van der Waals surface area contributed by atoms with Crippen LogP contribution in [-0.4, -0.2) is 20.3 Å². The molecule has 0 aliphatic rings. The predicted octanol–water partition coefficient (Wildman–Crippen LogP) is 2.46. The summed E-state index contributed by atoms with van der Waals surface area (Å²) in [4.78, 5) is 4.60. The van der Waals surface area contributed by atoms with Gasteiger partial charge >= 0.3 is 0 Å². The van der Waals surface area contributed by atoms with Gasteiger partial charge in [-0.1, -0.05) is 6.07 Å². The average molecular weight is 244 g/mol. The number of hydrogen-bond donors (Lipinski definition) is 1. The average Bonchev–Trinajstić information content (AvgIpc) is 2.73. The molecule has 4 heteroatoms. The lowest BCUT2D eigenvalue weighted by molar-refractivity contribution is 0.421. The fourth-order valence-corrected chi connectivity index (χ4v) is 1.59. The number of nitrogens with one attached hydrogen (secondary N) is 1. The molecular formula is C14H20N4. The van der Waals surface area contributed by atoms with Crippen LogP contribution in [0.4, 0.5) is 0 Å². The lowest BCUT2D eigenvalue weighted by Gasteiger charge is -2.20. The normalized spacial score (nSPS) is 11.8. The SMILES string of the molecule is Cc1cnn(-c2cccc(CNC(C)(C)C)n2)c1. The third kappa shape index (κ3) is 3.40. The first-order chi connectivity index (χ1) is 8.44. The maximum atomic E-state index is 4.60. The summed E-state index contributed by atoms with van der Waals surface area (Å²) in [6.07, 6.45) is 3.81. The quantitative estimate of drug-likeness (QED) is 0.902. The van der Waals surface area contributed by atoms with E-state index in [2.05, 4.69) is 36.2 Å². The molecule has 96 valence electrons. The first-order valence-corrected chi connectivity index (χ1v) is 6.17. The third-order valence-corrected chi connectivity index (χ3v) is 2.54. The molecule has 2 aromatic heterocycles. The van der Waals surface area contributed by atoms with Gasteiger partial charge in [0, 0.05) is 18.3 Å². The third-order valence-electron chi connectivity index (χ3n) is 2.54. The Morgan fingerprint density at radius 1 is 1.28 bits per heavy atom. The topological polar surface area (TPSA) is 42.7 Å². The van der Waals surface area contributed by atoms with Crippen LogP contribution in [0.5, 0.6) is 0 Å². The minimum absolute atomic E-state index is 0.0972. The Balaban J connectivity index is 2.15. The van der Waals surface area contributed by atoms with Crippen molar-refractivity contribution in [3.63, 3.8) is 0 Å². The van der Waals surface area contributed by atoms with E-state index in [1.54, 1.807) is 4.68 Å². The van der Waals surface area contributed by atoms with Gasteiger partial charge in [0.15, 0.2) is 5.82 Å². The van der Waals surface area contributed by atoms with Gasteiger partial charge in [0.2, 0.25) is 0 Å². The van der Waals surface area contributed by atoms with Gasteiger partial charge in [-0.2, -0.15) is 5.10 Å². The van der Waals surface area contributed by atoms with E-state index >= 15 is 0 Å². The van der Waals surface area contributed by atoms with E-state index in [9.17, 15) is 0 Å². The van der Waals surface area contributed by atoms with Gasteiger partial charge in [-0.3, -0.25) is 0 Å². The van der Waals surface area contributed by atoms with Crippen LogP contribution in [-0.2, 0) is 6.54 Å². The van der Waals surface area contributed by atoms with Crippen molar-refractivity contribution in [1.82, 2.24) is 20.1 Å². The van der Waals surface area contributed by atoms with Crippen molar-refractivity contribution in [2.24, 2.45) is 0 Å². The van der Waals surface area contributed by atoms with E-state index in [-0.39, 0.29) is 5.54 Å². The molecule has 0 amide bonds. The van der Waals surface area contributed by atoms with E-state index < -0.39 is 0 Å². The molecule has 18 heavy (non-hydrogen) atoms. The van der Waals surface area contributed by atoms with Gasteiger partial charge in [-0.15, -0.1) is 0 Å². The summed E-state index contributed by atoms with van der Waals surface area (Å²) in [5.74, 6) is 0.858. The molecule has 0 fully saturated rings. The van der Waals surface area contributed by atoms with Crippen LogP contribution in [0.25, 0.3) is 5.82 Å². The zero-order chi connectivity index (χ0) is 13.2. The molecular weight excluding hydrogens is 224 g/mol. The summed E-state index contributed by atoms with van der Waals surface area (Å²) < 4.78 is 1.80. The number of nitrogens with zero attached hydrogens (tertiary/aromatic N) is 3. The molecule has 0 atom stereocenters. The molecule has 0 saturated heterocycles. The van der Waals surface area contributed by atoms with Gasteiger partial charge in [0.1, 0.15) is 0 Å². The molecule has 2 aromatic rings. The Morgan fingerprint density at radius 3 is 2.67 bits per heavy atom. The van der Waals surface area contributed by atoms with E-state index in [0.717, 1.165) is 23.6 Å². The number of aromatic nitrogens is 3. The highest BCUT2D eigenvalue weighted by atomic mass is 15.3. The van der Waals surface area contributed by atoms with Gasteiger partial charge in [-0.25, -0.2) is 9.67 Å². The molecule has 0 aliphatic heterocycles. The molecule has 0 saturated carbocycles. The van der Waals surface area contributed by atoms with Gasteiger partial charge < -0.3 is 5.32 Å². The van der Waals surface area contributed by atoms with Crippen LogP contribution < -0.4 is 5.32 Å². The van der Waals surface area contributed by atoms with Gasteiger partial charge in [0.05, 0.1) is 11.9 Å². The zero-order valence-corrected chi connectivity index (χ0v) is 11.4. The van der Waals surface area contributed by atoms with Crippen LogP contribution >= 0.6 is 0 Å². The highest BCUT2D eigenvalue weighted by Gasteiger charge is 2.09. The van der Waals surface area contributed by atoms with Crippen molar-refractivity contribution >= 4 is 0 Å². The molecule has 0 unspecified atom stereocenters. The van der Waals surface area contributed by atoms with Crippen LogP contribution in [0.2, 0.25) is 0 Å². The maximum Gasteiger partial charge on any atom is 0.153 e. The monoisotopic (exact) mass is 244 g/mol. The largest absolute Gasteiger partial charge is 0.306 e. The fraction of sp³-hybridized carbons (Fsp3) is 0.429. The Kier molecular flexibility index (Phi) is 3.48. The van der Waals surface area contributed by atoms with Crippen molar-refractivity contribution in [2.75, 3.05) is 0 Å². The Morgan fingerprint density at radius 2 is 2.06 bits per heavy atom. The molecule has 1 N–H and O–H groups in total. The zero-order valence-electron chi connectivity index (χ0n) is 11.4. The molecule has 0 spiro atoms. The Hall–Kier alpha value is -1.68. The standard InChI is InChI=1S/C14H20N4/c1-11-8-16-18(10-11)13-7-5-6-12(17-13)9-15-14(2,3)4/h5-8,10,15H,9H2,1-4H3. The second-order valence-electron chi connectivity index (χ2n) is 5.55. The summed E-state index contributed by atoms with van der Waals surface area (Å²) in [5.41, 5.74) is 2.26. The first-order valence-electron chi connectivity index (χ1n) is 6.17. The Labute approximate surface area is 108 Å². The fourth-order valence-electron chi connectivity index (χ4n) is 1.59. The summed E-state index contributed by atoms with van der Waals surface area (Å²) in [6.45, 7) is 9.22. The number of aryl methyl sites for hydroxylation is 1. The number of hydrogen-bond acceptors (Lipinski definition) is 3.